The van der Waals surface area contributed by atoms with Crippen molar-refractivity contribution in [2.45, 2.75) is 31.8 Å². The maximum absolute atomic E-state index is 11.9. The van der Waals surface area contributed by atoms with Crippen molar-refractivity contribution < 1.29 is 9.53 Å². The molecule has 2 heteroatoms. The van der Waals surface area contributed by atoms with Crippen molar-refractivity contribution in [2.24, 2.45) is 0 Å². The second kappa shape index (κ2) is 3.21. The molecule has 2 nitrogen and oxygen atoms in total. The summed E-state index contributed by atoms with van der Waals surface area (Å²) < 4.78 is 5.53. The zero-order valence-electron chi connectivity index (χ0n) is 9.32. The van der Waals surface area contributed by atoms with E-state index in [-0.39, 0.29) is 11.6 Å². The third kappa shape index (κ3) is 1.22. The first kappa shape index (κ1) is 9.64. The topological polar surface area (TPSA) is 26.3 Å². The Balaban J connectivity index is 2.16. The van der Waals surface area contributed by atoms with Gasteiger partial charge >= 0.3 is 5.97 Å². The van der Waals surface area contributed by atoms with Crippen LogP contribution in [0, 0.1) is 0 Å². The molecule has 1 heterocycles. The van der Waals surface area contributed by atoms with Crippen molar-refractivity contribution >= 4 is 11.5 Å². The zero-order chi connectivity index (χ0) is 11.2. The van der Waals surface area contributed by atoms with Crippen LogP contribution in [-0.2, 0) is 9.53 Å². The molecule has 2 aliphatic rings. The van der Waals surface area contributed by atoms with Crippen LogP contribution in [-0.4, -0.2) is 11.6 Å². The first-order valence-electron chi connectivity index (χ1n) is 5.73. The first-order valence-corrected chi connectivity index (χ1v) is 5.73. The van der Waals surface area contributed by atoms with E-state index in [1.807, 2.05) is 37.3 Å². The molecule has 82 valence electrons. The summed E-state index contributed by atoms with van der Waals surface area (Å²) in [5, 5.41) is 0. The molecular weight excluding hydrogens is 200 g/mol. The highest BCUT2D eigenvalue weighted by Crippen LogP contribution is 2.47. The molecule has 1 aromatic rings. The predicted octanol–water partition coefficient (Wildman–Crippen LogP) is 2.94. The van der Waals surface area contributed by atoms with Gasteiger partial charge in [0.05, 0.1) is 5.57 Å². The number of hydrogen-bond acceptors (Lipinski definition) is 2. The van der Waals surface area contributed by atoms with Gasteiger partial charge in [-0.05, 0) is 37.3 Å². The number of esters is 1. The van der Waals surface area contributed by atoms with E-state index in [2.05, 4.69) is 0 Å². The lowest BCUT2D eigenvalue weighted by molar-refractivity contribution is -0.143. The summed E-state index contributed by atoms with van der Waals surface area (Å²) in [5.41, 5.74) is 2.68. The summed E-state index contributed by atoms with van der Waals surface area (Å²) >= 11 is 0. The van der Waals surface area contributed by atoms with Crippen LogP contribution in [0.15, 0.2) is 35.9 Å². The number of carbonyl (C=O) groups is 1. The van der Waals surface area contributed by atoms with Gasteiger partial charge in [-0.1, -0.05) is 30.3 Å². The van der Waals surface area contributed by atoms with Crippen LogP contribution in [0.25, 0.3) is 5.57 Å². The van der Waals surface area contributed by atoms with Crippen LogP contribution in [0.2, 0.25) is 0 Å². The molecule has 0 N–H and O–H groups in total. The third-order valence-corrected chi connectivity index (χ3v) is 3.61. The lowest BCUT2D eigenvalue weighted by Gasteiger charge is -2.18. The fourth-order valence-electron chi connectivity index (χ4n) is 2.80. The minimum atomic E-state index is -0.317. The highest BCUT2D eigenvalue weighted by atomic mass is 16.6. The molecule has 16 heavy (non-hydrogen) atoms. The number of fused-ring (bicyclic) bond motifs is 1. The van der Waals surface area contributed by atoms with Gasteiger partial charge in [0.1, 0.15) is 5.60 Å². The van der Waals surface area contributed by atoms with Crippen LogP contribution in [0.5, 0.6) is 0 Å². The zero-order valence-corrected chi connectivity index (χ0v) is 9.32. The second-order valence-electron chi connectivity index (χ2n) is 4.69. The summed E-state index contributed by atoms with van der Waals surface area (Å²) in [6, 6.07) is 9.84. The predicted molar refractivity (Wildman–Crippen MR) is 61.7 cm³/mol. The Morgan fingerprint density at radius 3 is 2.75 bits per heavy atom. The van der Waals surface area contributed by atoms with Crippen LogP contribution >= 0.6 is 0 Å². The van der Waals surface area contributed by atoms with Gasteiger partial charge in [-0.3, -0.25) is 0 Å². The Morgan fingerprint density at radius 2 is 2.00 bits per heavy atom. The van der Waals surface area contributed by atoms with Gasteiger partial charge in [-0.15, -0.1) is 0 Å². The van der Waals surface area contributed by atoms with Crippen molar-refractivity contribution in [3.63, 3.8) is 0 Å². The number of hydrogen-bond donors (Lipinski definition) is 0. The fraction of sp³-hybridized carbons (Fsp3) is 0.357. The van der Waals surface area contributed by atoms with Gasteiger partial charge in [-0.2, -0.15) is 0 Å². The normalized spacial score (nSPS) is 28.2. The highest BCUT2D eigenvalue weighted by Gasteiger charge is 2.46. The summed E-state index contributed by atoms with van der Waals surface area (Å²) in [4.78, 5) is 11.9. The Hall–Kier alpha value is -1.57. The average molecular weight is 214 g/mol. The molecule has 1 aliphatic heterocycles. The van der Waals surface area contributed by atoms with Crippen molar-refractivity contribution in [1.82, 2.24) is 0 Å². The molecular formula is C14H14O2. The molecule has 0 aromatic heterocycles. The molecule has 0 unspecified atom stereocenters. The third-order valence-electron chi connectivity index (χ3n) is 3.61. The maximum Gasteiger partial charge on any atom is 0.339 e. The molecule has 0 saturated heterocycles. The van der Waals surface area contributed by atoms with Crippen LogP contribution in [0.1, 0.15) is 31.7 Å². The van der Waals surface area contributed by atoms with E-state index < -0.39 is 0 Å². The molecule has 1 aliphatic carbocycles. The minimum absolute atomic E-state index is 0.150. The minimum Gasteiger partial charge on any atom is -0.451 e. The molecule has 0 spiro atoms. The lowest BCUT2D eigenvalue weighted by atomic mass is 9.94. The van der Waals surface area contributed by atoms with E-state index in [1.54, 1.807) is 0 Å². The lowest BCUT2D eigenvalue weighted by Crippen LogP contribution is -2.23. The Kier molecular flexibility index (Phi) is 1.93. The molecule has 1 aromatic carbocycles. The summed E-state index contributed by atoms with van der Waals surface area (Å²) in [6.07, 6.45) is 3.08. The van der Waals surface area contributed by atoms with Crippen molar-refractivity contribution in [2.75, 3.05) is 0 Å². The molecule has 0 bridgehead atoms. The van der Waals surface area contributed by atoms with Gasteiger partial charge in [0.15, 0.2) is 0 Å². The molecule has 3 rings (SSSR count). The van der Waals surface area contributed by atoms with Gasteiger partial charge in [0.2, 0.25) is 0 Å². The fourth-order valence-corrected chi connectivity index (χ4v) is 2.80. The van der Waals surface area contributed by atoms with E-state index in [9.17, 15) is 4.79 Å². The summed E-state index contributed by atoms with van der Waals surface area (Å²) in [5.74, 6) is -0.150. The van der Waals surface area contributed by atoms with E-state index in [0.29, 0.717) is 0 Å². The standard InChI is InChI=1S/C14H14O2/c1-14-9-5-8-11(14)12(13(15)16-14)10-6-3-2-4-7-10/h2-4,6-7H,5,8-9H2,1H3/t14-/m1/s1. The Morgan fingerprint density at radius 1 is 1.25 bits per heavy atom. The molecule has 1 saturated carbocycles. The van der Waals surface area contributed by atoms with E-state index in [4.69, 9.17) is 4.74 Å². The van der Waals surface area contributed by atoms with Crippen molar-refractivity contribution in [1.29, 1.82) is 0 Å². The average Bonchev–Trinajstić information content (AvgIpc) is 2.72. The van der Waals surface area contributed by atoms with E-state index >= 15 is 0 Å². The summed E-state index contributed by atoms with van der Waals surface area (Å²) in [6.45, 7) is 2.03. The number of ether oxygens (including phenoxy) is 1. The smallest absolute Gasteiger partial charge is 0.339 e. The summed E-state index contributed by atoms with van der Waals surface area (Å²) in [7, 11) is 0. The van der Waals surface area contributed by atoms with Gasteiger partial charge < -0.3 is 4.74 Å². The number of rotatable bonds is 1. The Bertz CT molecular complexity index is 473. The van der Waals surface area contributed by atoms with Crippen LogP contribution in [0.4, 0.5) is 0 Å². The monoisotopic (exact) mass is 214 g/mol. The highest BCUT2D eigenvalue weighted by molar-refractivity contribution is 6.20. The second-order valence-corrected chi connectivity index (χ2v) is 4.69. The molecule has 1 atom stereocenters. The quantitative estimate of drug-likeness (QED) is 0.672. The number of carbonyl (C=O) groups excluding carboxylic acids is 1. The SMILES string of the molecule is C[C@@]12CCCC1=C(c1ccccc1)C(=O)O2. The molecule has 0 radical (unpaired) electrons. The van der Waals surface area contributed by atoms with Gasteiger partial charge in [0.25, 0.3) is 0 Å². The Labute approximate surface area is 94.9 Å². The van der Waals surface area contributed by atoms with Crippen molar-refractivity contribution in [3.05, 3.63) is 41.5 Å². The van der Waals surface area contributed by atoms with E-state index in [0.717, 1.165) is 30.4 Å². The van der Waals surface area contributed by atoms with E-state index in [1.165, 1.54) is 5.57 Å². The van der Waals surface area contributed by atoms with Crippen molar-refractivity contribution in [3.8, 4) is 0 Å². The largest absolute Gasteiger partial charge is 0.451 e. The first-order chi connectivity index (χ1) is 7.71. The van der Waals surface area contributed by atoms with Gasteiger partial charge in [0, 0.05) is 0 Å². The molecule has 1 fully saturated rings. The van der Waals surface area contributed by atoms with Crippen LogP contribution in [0.3, 0.4) is 0 Å². The maximum atomic E-state index is 11.9. The van der Waals surface area contributed by atoms with Crippen LogP contribution < -0.4 is 0 Å². The van der Waals surface area contributed by atoms with Gasteiger partial charge in [-0.25, -0.2) is 4.79 Å². The number of benzene rings is 1. The molecule has 0 amide bonds.